The second-order valence-electron chi connectivity index (χ2n) is 6.89. The zero-order valence-electron chi connectivity index (χ0n) is 16.9. The molecule has 6 heteroatoms. The van der Waals surface area contributed by atoms with E-state index in [0.717, 1.165) is 24.3 Å². The van der Waals surface area contributed by atoms with Gasteiger partial charge in [0.1, 0.15) is 11.3 Å². The van der Waals surface area contributed by atoms with Crippen molar-refractivity contribution in [1.82, 2.24) is 4.98 Å². The van der Waals surface area contributed by atoms with Gasteiger partial charge in [0.05, 0.1) is 0 Å². The van der Waals surface area contributed by atoms with Gasteiger partial charge in [0.25, 0.3) is 5.91 Å². The highest BCUT2D eigenvalue weighted by Crippen LogP contribution is 2.28. The summed E-state index contributed by atoms with van der Waals surface area (Å²) in [6, 6.07) is 18.9. The molecule has 0 aliphatic heterocycles. The van der Waals surface area contributed by atoms with Crippen molar-refractivity contribution < 1.29 is 13.6 Å². The van der Waals surface area contributed by atoms with Gasteiger partial charge in [-0.3, -0.25) is 4.79 Å². The quantitative estimate of drug-likeness (QED) is 0.446. The van der Waals surface area contributed by atoms with Crippen LogP contribution in [-0.4, -0.2) is 24.0 Å². The Balaban J connectivity index is 1.56. The Bertz CT molecular complexity index is 1180. The number of rotatable bonds is 6. The maximum Gasteiger partial charge on any atom is 0.255 e. The number of anilines is 2. The standard InChI is InChI=1S/C24H22FN3O2/c1-3-28(4-2)20-11-8-16(9-12-20)24-27-21-15-19(10-13-22(21)30-24)26-23(29)17-6-5-7-18(25)14-17/h5-15H,3-4H2,1-2H3,(H,26,29). The zero-order valence-corrected chi connectivity index (χ0v) is 16.9. The lowest BCUT2D eigenvalue weighted by atomic mass is 10.2. The maximum absolute atomic E-state index is 13.3. The first-order valence-corrected chi connectivity index (χ1v) is 9.90. The molecule has 4 rings (SSSR count). The van der Waals surface area contributed by atoms with E-state index in [1.165, 1.54) is 18.2 Å². The predicted octanol–water partition coefficient (Wildman–Crippen LogP) is 5.73. The molecule has 152 valence electrons. The summed E-state index contributed by atoms with van der Waals surface area (Å²) in [6.07, 6.45) is 0. The summed E-state index contributed by atoms with van der Waals surface area (Å²) >= 11 is 0. The number of carbonyl (C=O) groups is 1. The number of halogens is 1. The van der Waals surface area contributed by atoms with Crippen LogP contribution in [0.4, 0.5) is 15.8 Å². The topological polar surface area (TPSA) is 58.4 Å². The Morgan fingerprint density at radius 1 is 1.03 bits per heavy atom. The number of nitrogens with zero attached hydrogens (tertiary/aromatic N) is 2. The molecule has 0 atom stereocenters. The molecule has 0 bridgehead atoms. The average molecular weight is 403 g/mol. The minimum absolute atomic E-state index is 0.254. The smallest absolute Gasteiger partial charge is 0.255 e. The van der Waals surface area contributed by atoms with E-state index in [1.807, 2.05) is 12.1 Å². The summed E-state index contributed by atoms with van der Waals surface area (Å²) < 4.78 is 19.2. The number of amides is 1. The summed E-state index contributed by atoms with van der Waals surface area (Å²) in [5, 5.41) is 2.77. The van der Waals surface area contributed by atoms with Gasteiger partial charge in [-0.2, -0.15) is 0 Å². The molecule has 0 spiro atoms. The fraction of sp³-hybridized carbons (Fsp3) is 0.167. The van der Waals surface area contributed by atoms with Crippen LogP contribution in [0, 0.1) is 5.82 Å². The molecule has 0 radical (unpaired) electrons. The van der Waals surface area contributed by atoms with Crippen LogP contribution >= 0.6 is 0 Å². The SMILES string of the molecule is CCN(CC)c1ccc(-c2nc3cc(NC(=O)c4cccc(F)c4)ccc3o2)cc1. The number of hydrogen-bond acceptors (Lipinski definition) is 4. The van der Waals surface area contributed by atoms with Gasteiger partial charge in [0.2, 0.25) is 5.89 Å². The third kappa shape index (κ3) is 4.03. The van der Waals surface area contributed by atoms with Crippen molar-refractivity contribution >= 4 is 28.4 Å². The highest BCUT2D eigenvalue weighted by atomic mass is 19.1. The highest BCUT2D eigenvalue weighted by molar-refractivity contribution is 6.04. The third-order valence-electron chi connectivity index (χ3n) is 4.98. The molecular formula is C24H22FN3O2. The Labute approximate surface area is 174 Å². The van der Waals surface area contributed by atoms with Gasteiger partial charge < -0.3 is 14.6 Å². The number of aromatic nitrogens is 1. The van der Waals surface area contributed by atoms with Crippen LogP contribution in [0.5, 0.6) is 0 Å². The van der Waals surface area contributed by atoms with E-state index >= 15 is 0 Å². The lowest BCUT2D eigenvalue weighted by molar-refractivity contribution is 0.102. The molecular weight excluding hydrogens is 381 g/mol. The van der Waals surface area contributed by atoms with Crippen molar-refractivity contribution in [3.63, 3.8) is 0 Å². The Kier molecular flexibility index (Phi) is 5.48. The molecule has 1 aromatic heterocycles. The van der Waals surface area contributed by atoms with E-state index in [1.54, 1.807) is 24.3 Å². The molecule has 1 N–H and O–H groups in total. The lowest BCUT2D eigenvalue weighted by Crippen LogP contribution is -2.21. The lowest BCUT2D eigenvalue weighted by Gasteiger charge is -2.20. The Morgan fingerprint density at radius 3 is 2.50 bits per heavy atom. The first kappa shape index (κ1) is 19.6. The fourth-order valence-electron chi connectivity index (χ4n) is 3.37. The van der Waals surface area contributed by atoms with Crippen molar-refractivity contribution in [1.29, 1.82) is 0 Å². The van der Waals surface area contributed by atoms with Crippen LogP contribution in [0.15, 0.2) is 71.1 Å². The summed E-state index contributed by atoms with van der Waals surface area (Å²) in [7, 11) is 0. The number of oxazole rings is 1. The molecule has 0 saturated carbocycles. The number of benzene rings is 3. The molecule has 4 aromatic rings. The monoisotopic (exact) mass is 403 g/mol. The van der Waals surface area contributed by atoms with E-state index in [0.29, 0.717) is 22.7 Å². The normalized spacial score (nSPS) is 10.9. The molecule has 5 nitrogen and oxygen atoms in total. The van der Waals surface area contributed by atoms with Crippen LogP contribution < -0.4 is 10.2 Å². The van der Waals surface area contributed by atoms with Crippen molar-refractivity contribution in [3.05, 3.63) is 78.1 Å². The average Bonchev–Trinajstić information content (AvgIpc) is 3.18. The van der Waals surface area contributed by atoms with Gasteiger partial charge in [0.15, 0.2) is 5.58 Å². The second kappa shape index (κ2) is 8.37. The van der Waals surface area contributed by atoms with E-state index in [4.69, 9.17) is 4.42 Å². The Hall–Kier alpha value is -3.67. The van der Waals surface area contributed by atoms with E-state index in [9.17, 15) is 9.18 Å². The molecule has 30 heavy (non-hydrogen) atoms. The third-order valence-corrected chi connectivity index (χ3v) is 4.98. The van der Waals surface area contributed by atoms with Gasteiger partial charge in [0, 0.05) is 35.6 Å². The van der Waals surface area contributed by atoms with Crippen molar-refractivity contribution in [3.8, 4) is 11.5 Å². The first-order valence-electron chi connectivity index (χ1n) is 9.90. The molecule has 1 amide bonds. The van der Waals surface area contributed by atoms with E-state index in [2.05, 4.69) is 41.2 Å². The first-order chi connectivity index (χ1) is 14.6. The summed E-state index contributed by atoms with van der Waals surface area (Å²) in [4.78, 5) is 19.2. The molecule has 0 aliphatic rings. The number of nitrogens with one attached hydrogen (secondary N) is 1. The predicted molar refractivity (Wildman–Crippen MR) is 117 cm³/mol. The number of hydrogen-bond donors (Lipinski definition) is 1. The molecule has 0 saturated heterocycles. The van der Waals surface area contributed by atoms with Crippen molar-refractivity contribution in [2.24, 2.45) is 0 Å². The van der Waals surface area contributed by atoms with Crippen molar-refractivity contribution in [2.75, 3.05) is 23.3 Å². The minimum atomic E-state index is -0.453. The molecule has 1 heterocycles. The highest BCUT2D eigenvalue weighted by Gasteiger charge is 2.12. The second-order valence-corrected chi connectivity index (χ2v) is 6.89. The molecule has 0 unspecified atom stereocenters. The minimum Gasteiger partial charge on any atom is -0.436 e. The van der Waals surface area contributed by atoms with Crippen LogP contribution in [0.25, 0.3) is 22.6 Å². The van der Waals surface area contributed by atoms with E-state index in [-0.39, 0.29) is 11.5 Å². The summed E-state index contributed by atoms with van der Waals surface area (Å²) in [5.41, 5.74) is 4.11. The van der Waals surface area contributed by atoms with Gasteiger partial charge in [-0.25, -0.2) is 9.37 Å². The summed E-state index contributed by atoms with van der Waals surface area (Å²) in [5.74, 6) is -0.319. The Morgan fingerprint density at radius 2 is 1.80 bits per heavy atom. The number of carbonyl (C=O) groups excluding carboxylic acids is 1. The van der Waals surface area contributed by atoms with Crippen molar-refractivity contribution in [2.45, 2.75) is 13.8 Å². The van der Waals surface area contributed by atoms with Gasteiger partial charge in [-0.05, 0) is 74.5 Å². The molecule has 3 aromatic carbocycles. The maximum atomic E-state index is 13.3. The largest absolute Gasteiger partial charge is 0.436 e. The summed E-state index contributed by atoms with van der Waals surface area (Å²) in [6.45, 7) is 6.15. The molecule has 0 aliphatic carbocycles. The van der Waals surface area contributed by atoms with Crippen LogP contribution in [0.2, 0.25) is 0 Å². The fourth-order valence-corrected chi connectivity index (χ4v) is 3.37. The van der Waals surface area contributed by atoms with Crippen LogP contribution in [0.1, 0.15) is 24.2 Å². The zero-order chi connectivity index (χ0) is 21.1. The molecule has 0 fully saturated rings. The number of fused-ring (bicyclic) bond motifs is 1. The van der Waals surface area contributed by atoms with E-state index < -0.39 is 5.82 Å². The van der Waals surface area contributed by atoms with Gasteiger partial charge in [-0.15, -0.1) is 0 Å². The van der Waals surface area contributed by atoms with Gasteiger partial charge in [-0.1, -0.05) is 6.07 Å². The van der Waals surface area contributed by atoms with Crippen LogP contribution in [-0.2, 0) is 0 Å². The van der Waals surface area contributed by atoms with Gasteiger partial charge >= 0.3 is 0 Å². The van der Waals surface area contributed by atoms with Crippen LogP contribution in [0.3, 0.4) is 0 Å².